The number of anilines is 1. The van der Waals surface area contributed by atoms with Gasteiger partial charge >= 0.3 is 0 Å². The van der Waals surface area contributed by atoms with Crippen LogP contribution in [0.5, 0.6) is 5.88 Å². The van der Waals surface area contributed by atoms with Crippen LogP contribution in [-0.2, 0) is 4.79 Å². The van der Waals surface area contributed by atoms with Gasteiger partial charge in [-0.05, 0) is 34.1 Å². The number of pyridine rings is 2. The van der Waals surface area contributed by atoms with Crippen molar-refractivity contribution in [3.8, 4) is 5.88 Å². The number of halogens is 1. The van der Waals surface area contributed by atoms with E-state index < -0.39 is 0 Å². The van der Waals surface area contributed by atoms with Crippen LogP contribution in [0, 0.1) is 0 Å². The molecule has 0 atom stereocenters. The SMILES string of the molecule is O=C(COc1ccccn1)Nc1ccn2ncc(Br)c2c1. The highest BCUT2D eigenvalue weighted by Crippen LogP contribution is 2.20. The number of fused-ring (bicyclic) bond motifs is 1. The van der Waals surface area contributed by atoms with Crippen molar-refractivity contribution < 1.29 is 9.53 Å². The van der Waals surface area contributed by atoms with Crippen LogP contribution in [0.3, 0.4) is 0 Å². The van der Waals surface area contributed by atoms with E-state index in [0.29, 0.717) is 11.6 Å². The summed E-state index contributed by atoms with van der Waals surface area (Å²) in [6.07, 6.45) is 5.08. The second-order valence-electron chi connectivity index (χ2n) is 4.24. The van der Waals surface area contributed by atoms with Crippen molar-refractivity contribution >= 4 is 33.0 Å². The summed E-state index contributed by atoms with van der Waals surface area (Å²) in [6.45, 7) is -0.0946. The number of nitrogens with one attached hydrogen (secondary N) is 1. The maximum atomic E-state index is 11.8. The summed E-state index contributed by atoms with van der Waals surface area (Å²) < 4.78 is 7.86. The summed E-state index contributed by atoms with van der Waals surface area (Å²) in [5, 5.41) is 6.91. The van der Waals surface area contributed by atoms with Gasteiger partial charge in [-0.3, -0.25) is 4.79 Å². The quantitative estimate of drug-likeness (QED) is 0.788. The van der Waals surface area contributed by atoms with Crippen LogP contribution in [0.2, 0.25) is 0 Å². The Labute approximate surface area is 128 Å². The Morgan fingerprint density at radius 2 is 2.29 bits per heavy atom. The van der Waals surface area contributed by atoms with Crippen LogP contribution in [0.25, 0.3) is 5.52 Å². The van der Waals surface area contributed by atoms with Gasteiger partial charge in [0.25, 0.3) is 5.91 Å². The lowest BCUT2D eigenvalue weighted by atomic mass is 10.3. The largest absolute Gasteiger partial charge is 0.468 e. The van der Waals surface area contributed by atoms with E-state index in [2.05, 4.69) is 31.3 Å². The average molecular weight is 347 g/mol. The van der Waals surface area contributed by atoms with Crippen molar-refractivity contribution in [2.45, 2.75) is 0 Å². The standard InChI is InChI=1S/C14H11BrN4O2/c15-11-8-17-19-6-4-10(7-12(11)19)18-13(20)9-21-14-3-1-2-5-16-14/h1-8H,9H2,(H,18,20). The Kier molecular flexibility index (Phi) is 3.83. The lowest BCUT2D eigenvalue weighted by Crippen LogP contribution is -2.20. The number of nitrogens with zero attached hydrogens (tertiary/aromatic N) is 3. The van der Waals surface area contributed by atoms with Gasteiger partial charge in [-0.25, -0.2) is 9.50 Å². The van der Waals surface area contributed by atoms with E-state index in [-0.39, 0.29) is 12.5 Å². The summed E-state index contributed by atoms with van der Waals surface area (Å²) in [6, 6.07) is 8.88. The summed E-state index contributed by atoms with van der Waals surface area (Å²) >= 11 is 3.40. The molecule has 0 fully saturated rings. The first-order valence-corrected chi connectivity index (χ1v) is 6.98. The second-order valence-corrected chi connectivity index (χ2v) is 5.10. The Balaban J connectivity index is 1.64. The third-order valence-electron chi connectivity index (χ3n) is 2.75. The molecule has 0 radical (unpaired) electrons. The molecule has 0 bridgehead atoms. The van der Waals surface area contributed by atoms with Crippen molar-refractivity contribution in [3.63, 3.8) is 0 Å². The molecule has 3 aromatic rings. The molecule has 3 aromatic heterocycles. The van der Waals surface area contributed by atoms with E-state index in [1.165, 1.54) is 0 Å². The molecule has 0 aliphatic rings. The number of carbonyl (C=O) groups excluding carboxylic acids is 1. The van der Waals surface area contributed by atoms with Crippen molar-refractivity contribution in [3.05, 3.63) is 53.4 Å². The van der Waals surface area contributed by atoms with Crippen LogP contribution >= 0.6 is 15.9 Å². The molecule has 0 aromatic carbocycles. The zero-order valence-corrected chi connectivity index (χ0v) is 12.4. The fourth-order valence-corrected chi connectivity index (χ4v) is 2.19. The van der Waals surface area contributed by atoms with Gasteiger partial charge in [0.1, 0.15) is 0 Å². The lowest BCUT2D eigenvalue weighted by molar-refractivity contribution is -0.118. The minimum Gasteiger partial charge on any atom is -0.468 e. The molecular weight excluding hydrogens is 336 g/mol. The molecule has 3 heterocycles. The van der Waals surface area contributed by atoms with Gasteiger partial charge in [0, 0.05) is 24.1 Å². The van der Waals surface area contributed by atoms with E-state index in [4.69, 9.17) is 4.74 Å². The molecule has 21 heavy (non-hydrogen) atoms. The first-order chi connectivity index (χ1) is 10.2. The normalized spacial score (nSPS) is 10.5. The van der Waals surface area contributed by atoms with Crippen LogP contribution in [-0.4, -0.2) is 27.1 Å². The summed E-state index contributed by atoms with van der Waals surface area (Å²) in [4.78, 5) is 15.8. The van der Waals surface area contributed by atoms with Crippen LogP contribution in [0.15, 0.2) is 53.4 Å². The van der Waals surface area contributed by atoms with Gasteiger partial charge in [-0.15, -0.1) is 0 Å². The third-order valence-corrected chi connectivity index (χ3v) is 3.36. The predicted octanol–water partition coefficient (Wildman–Crippen LogP) is 2.51. The molecule has 1 N–H and O–H groups in total. The highest BCUT2D eigenvalue weighted by molar-refractivity contribution is 9.10. The molecule has 6 nitrogen and oxygen atoms in total. The molecular formula is C14H11BrN4O2. The summed E-state index contributed by atoms with van der Waals surface area (Å²) in [7, 11) is 0. The number of amides is 1. The molecule has 3 rings (SSSR count). The lowest BCUT2D eigenvalue weighted by Gasteiger charge is -2.07. The fraction of sp³-hybridized carbons (Fsp3) is 0.0714. The highest BCUT2D eigenvalue weighted by atomic mass is 79.9. The Morgan fingerprint density at radius 3 is 3.10 bits per heavy atom. The molecule has 0 aliphatic heterocycles. The minimum absolute atomic E-state index is 0.0946. The van der Waals surface area contributed by atoms with Crippen LogP contribution in [0.1, 0.15) is 0 Å². The van der Waals surface area contributed by atoms with E-state index >= 15 is 0 Å². The third kappa shape index (κ3) is 3.19. The van der Waals surface area contributed by atoms with Crippen LogP contribution < -0.4 is 10.1 Å². The number of rotatable bonds is 4. The average Bonchev–Trinajstić information content (AvgIpc) is 2.87. The predicted molar refractivity (Wildman–Crippen MR) is 81.3 cm³/mol. The van der Waals surface area contributed by atoms with Crippen molar-refractivity contribution in [2.75, 3.05) is 11.9 Å². The minimum atomic E-state index is -0.249. The first kappa shape index (κ1) is 13.6. The van der Waals surface area contributed by atoms with E-state index in [9.17, 15) is 4.79 Å². The van der Waals surface area contributed by atoms with Gasteiger partial charge in [-0.2, -0.15) is 5.10 Å². The molecule has 0 saturated carbocycles. The van der Waals surface area contributed by atoms with E-state index in [1.54, 1.807) is 47.4 Å². The maximum absolute atomic E-state index is 11.8. The molecule has 0 spiro atoms. The van der Waals surface area contributed by atoms with Crippen molar-refractivity contribution in [1.29, 1.82) is 0 Å². The monoisotopic (exact) mass is 346 g/mol. The van der Waals surface area contributed by atoms with Gasteiger partial charge in [0.15, 0.2) is 6.61 Å². The second kappa shape index (κ2) is 5.92. The summed E-state index contributed by atoms with van der Waals surface area (Å²) in [5.41, 5.74) is 1.55. The zero-order chi connectivity index (χ0) is 14.7. The van der Waals surface area contributed by atoms with Crippen molar-refractivity contribution in [1.82, 2.24) is 14.6 Å². The molecule has 0 aliphatic carbocycles. The van der Waals surface area contributed by atoms with Gasteiger partial charge in [-0.1, -0.05) is 6.07 Å². The van der Waals surface area contributed by atoms with E-state index in [0.717, 1.165) is 9.99 Å². The molecule has 0 unspecified atom stereocenters. The zero-order valence-electron chi connectivity index (χ0n) is 10.9. The van der Waals surface area contributed by atoms with Gasteiger partial charge < -0.3 is 10.1 Å². The number of ether oxygens (including phenoxy) is 1. The molecule has 0 saturated heterocycles. The topological polar surface area (TPSA) is 68.5 Å². The Morgan fingerprint density at radius 1 is 1.38 bits per heavy atom. The molecule has 106 valence electrons. The Hall–Kier alpha value is -2.41. The maximum Gasteiger partial charge on any atom is 0.262 e. The summed E-state index contributed by atoms with van der Waals surface area (Å²) in [5.74, 6) is 0.169. The molecule has 7 heteroatoms. The number of aromatic nitrogens is 3. The number of carbonyl (C=O) groups is 1. The number of hydrogen-bond donors (Lipinski definition) is 1. The van der Waals surface area contributed by atoms with Gasteiger partial charge in [0.2, 0.25) is 5.88 Å². The van der Waals surface area contributed by atoms with E-state index in [1.807, 2.05) is 6.07 Å². The first-order valence-electron chi connectivity index (χ1n) is 6.19. The Bertz CT molecular complexity index is 773. The fourth-order valence-electron chi connectivity index (χ4n) is 1.80. The number of hydrogen-bond acceptors (Lipinski definition) is 4. The molecule has 1 amide bonds. The highest BCUT2D eigenvalue weighted by Gasteiger charge is 2.06. The van der Waals surface area contributed by atoms with Crippen molar-refractivity contribution in [2.24, 2.45) is 0 Å². The van der Waals surface area contributed by atoms with Gasteiger partial charge in [0.05, 0.1) is 16.2 Å². The smallest absolute Gasteiger partial charge is 0.262 e. The van der Waals surface area contributed by atoms with Crippen LogP contribution in [0.4, 0.5) is 5.69 Å².